The molecular weight excluding hydrogens is 362 g/mol. The van der Waals surface area contributed by atoms with E-state index >= 15 is 0 Å². The van der Waals surface area contributed by atoms with E-state index in [0.717, 1.165) is 32.1 Å². The summed E-state index contributed by atoms with van der Waals surface area (Å²) in [6.45, 7) is 1.19. The minimum Gasteiger partial charge on any atom is -0.352 e. The number of hydrogen-bond acceptors (Lipinski definition) is 3. The molecule has 1 heterocycles. The summed E-state index contributed by atoms with van der Waals surface area (Å²) in [6.07, 6.45) is 11.3. The van der Waals surface area contributed by atoms with Crippen LogP contribution < -0.4 is 10.6 Å². The number of carbonyl (C=O) groups excluding carboxylic acids is 2. The number of pyridine rings is 1. The molecule has 0 spiro atoms. The summed E-state index contributed by atoms with van der Waals surface area (Å²) in [5.41, 5.74) is 3.42. The van der Waals surface area contributed by atoms with E-state index in [9.17, 15) is 9.59 Å². The van der Waals surface area contributed by atoms with Crippen LogP contribution in [0.4, 0.5) is 0 Å². The quantitative estimate of drug-likeness (QED) is 0.500. The van der Waals surface area contributed by atoms with Crippen LogP contribution in [0.25, 0.3) is 0 Å². The first-order chi connectivity index (χ1) is 14.2. The number of nitrogens with zero attached hydrogens (tertiary/aromatic N) is 1. The molecule has 0 unspecified atom stereocenters. The van der Waals surface area contributed by atoms with Crippen molar-refractivity contribution in [1.82, 2.24) is 15.6 Å². The van der Waals surface area contributed by atoms with Crippen LogP contribution in [0.3, 0.4) is 0 Å². The van der Waals surface area contributed by atoms with Gasteiger partial charge in [0.1, 0.15) is 5.69 Å². The van der Waals surface area contributed by atoms with E-state index in [0.29, 0.717) is 18.7 Å². The highest BCUT2D eigenvalue weighted by Gasteiger charge is 2.12. The van der Waals surface area contributed by atoms with Crippen molar-refractivity contribution in [2.45, 2.75) is 44.9 Å². The molecule has 1 aromatic carbocycles. The molecule has 1 aliphatic rings. The molecule has 5 heteroatoms. The molecule has 0 aliphatic heterocycles. The molecule has 0 saturated carbocycles. The Kier molecular flexibility index (Phi) is 7.99. The number of aromatic nitrogens is 1. The molecule has 2 aromatic rings. The number of allylic oxidation sites excluding steroid dienone is 1. The maximum Gasteiger partial charge on any atom is 0.269 e. The maximum absolute atomic E-state index is 12.4. The topological polar surface area (TPSA) is 71.1 Å². The fraction of sp³-hybridized carbons (Fsp3) is 0.375. The average Bonchev–Trinajstić information content (AvgIpc) is 2.78. The molecule has 29 heavy (non-hydrogen) atoms. The molecular formula is C24H29N3O2. The molecule has 1 aliphatic carbocycles. The molecule has 2 amide bonds. The van der Waals surface area contributed by atoms with Crippen LogP contribution in [0.15, 0.2) is 60.3 Å². The average molecular weight is 392 g/mol. The van der Waals surface area contributed by atoms with Crippen LogP contribution in [0.2, 0.25) is 0 Å². The first-order valence-electron chi connectivity index (χ1n) is 10.5. The molecule has 1 aromatic heterocycles. The van der Waals surface area contributed by atoms with E-state index in [-0.39, 0.29) is 17.5 Å². The molecule has 0 fully saturated rings. The normalized spacial score (nSPS) is 13.4. The Morgan fingerprint density at radius 1 is 0.931 bits per heavy atom. The van der Waals surface area contributed by atoms with Crippen molar-refractivity contribution in [1.29, 1.82) is 0 Å². The Bertz CT molecular complexity index is 846. The number of aryl methyl sites for hydroxylation is 1. The minimum atomic E-state index is -0.250. The smallest absolute Gasteiger partial charge is 0.269 e. The zero-order valence-electron chi connectivity index (χ0n) is 16.8. The summed E-state index contributed by atoms with van der Waals surface area (Å²) in [5.74, 6) is -0.415. The van der Waals surface area contributed by atoms with Gasteiger partial charge in [0.25, 0.3) is 11.8 Å². The van der Waals surface area contributed by atoms with Crippen LogP contribution in [0.1, 0.15) is 64.9 Å². The maximum atomic E-state index is 12.4. The van der Waals surface area contributed by atoms with Crippen molar-refractivity contribution < 1.29 is 9.59 Å². The molecule has 0 radical (unpaired) electrons. The van der Waals surface area contributed by atoms with E-state index in [4.69, 9.17) is 0 Å². The van der Waals surface area contributed by atoms with Gasteiger partial charge in [-0.25, -0.2) is 0 Å². The number of nitrogens with one attached hydrogen (secondary N) is 2. The monoisotopic (exact) mass is 391 g/mol. The van der Waals surface area contributed by atoms with Gasteiger partial charge in [-0.2, -0.15) is 0 Å². The van der Waals surface area contributed by atoms with Crippen LogP contribution >= 0.6 is 0 Å². The van der Waals surface area contributed by atoms with Crippen LogP contribution in [0, 0.1) is 0 Å². The second-order valence-electron chi connectivity index (χ2n) is 7.39. The fourth-order valence-electron chi connectivity index (χ4n) is 3.50. The summed E-state index contributed by atoms with van der Waals surface area (Å²) in [6, 6.07) is 13.4. The third kappa shape index (κ3) is 6.86. The number of benzene rings is 1. The largest absolute Gasteiger partial charge is 0.352 e. The van der Waals surface area contributed by atoms with Crippen molar-refractivity contribution in [3.05, 3.63) is 77.1 Å². The molecule has 152 valence electrons. The van der Waals surface area contributed by atoms with Gasteiger partial charge in [0.2, 0.25) is 0 Å². The zero-order valence-corrected chi connectivity index (χ0v) is 16.8. The van der Waals surface area contributed by atoms with Gasteiger partial charge < -0.3 is 10.6 Å². The lowest BCUT2D eigenvalue weighted by Gasteiger charge is -2.13. The van der Waals surface area contributed by atoms with Gasteiger partial charge in [-0.3, -0.25) is 14.6 Å². The molecule has 0 saturated heterocycles. The van der Waals surface area contributed by atoms with Crippen LogP contribution in [-0.4, -0.2) is 29.9 Å². The van der Waals surface area contributed by atoms with Gasteiger partial charge in [-0.15, -0.1) is 0 Å². The first-order valence-corrected chi connectivity index (χ1v) is 10.5. The van der Waals surface area contributed by atoms with E-state index in [1.54, 1.807) is 12.1 Å². The second kappa shape index (κ2) is 11.1. The van der Waals surface area contributed by atoms with Gasteiger partial charge in [0.05, 0.1) is 0 Å². The summed E-state index contributed by atoms with van der Waals surface area (Å²) in [5, 5.41) is 5.82. The third-order valence-corrected chi connectivity index (χ3v) is 5.14. The van der Waals surface area contributed by atoms with Gasteiger partial charge in [0.15, 0.2) is 0 Å². The van der Waals surface area contributed by atoms with Crippen molar-refractivity contribution in [2.75, 3.05) is 13.1 Å². The SMILES string of the molecule is O=C(NCCC1=CCCCC1)c1ccnc(C(=O)NCCCc2ccccc2)c1. The highest BCUT2D eigenvalue weighted by Crippen LogP contribution is 2.19. The lowest BCUT2D eigenvalue weighted by atomic mass is 9.97. The van der Waals surface area contributed by atoms with Crippen molar-refractivity contribution in [3.63, 3.8) is 0 Å². The van der Waals surface area contributed by atoms with Crippen LogP contribution in [0.5, 0.6) is 0 Å². The summed E-state index contributed by atoms with van der Waals surface area (Å²) < 4.78 is 0. The van der Waals surface area contributed by atoms with Gasteiger partial charge in [-0.05, 0) is 62.6 Å². The Labute approximate surface area is 172 Å². The standard InChI is InChI=1S/C24H29N3O2/c28-23(27-16-13-20-10-5-2-6-11-20)21-14-17-25-22(18-21)24(29)26-15-7-12-19-8-3-1-4-9-19/h1,3-4,8-10,14,17-18H,2,5-7,11-13,15-16H2,(H,26,29)(H,27,28). The van der Waals surface area contributed by atoms with E-state index in [1.807, 2.05) is 18.2 Å². The van der Waals surface area contributed by atoms with Crippen molar-refractivity contribution in [3.8, 4) is 0 Å². The van der Waals surface area contributed by atoms with E-state index < -0.39 is 0 Å². The van der Waals surface area contributed by atoms with Gasteiger partial charge in [-0.1, -0.05) is 42.0 Å². The predicted molar refractivity (Wildman–Crippen MR) is 115 cm³/mol. The minimum absolute atomic E-state index is 0.165. The van der Waals surface area contributed by atoms with E-state index in [2.05, 4.69) is 33.8 Å². The second-order valence-corrected chi connectivity index (χ2v) is 7.39. The fourth-order valence-corrected chi connectivity index (χ4v) is 3.50. The third-order valence-electron chi connectivity index (χ3n) is 5.14. The molecule has 3 rings (SSSR count). The number of carbonyl (C=O) groups is 2. The Morgan fingerprint density at radius 2 is 1.76 bits per heavy atom. The summed E-state index contributed by atoms with van der Waals surface area (Å²) >= 11 is 0. The lowest BCUT2D eigenvalue weighted by molar-refractivity contribution is 0.0948. The highest BCUT2D eigenvalue weighted by atomic mass is 16.2. The van der Waals surface area contributed by atoms with Crippen molar-refractivity contribution in [2.24, 2.45) is 0 Å². The number of rotatable bonds is 9. The molecule has 5 nitrogen and oxygen atoms in total. The Balaban J connectivity index is 1.43. The highest BCUT2D eigenvalue weighted by molar-refractivity contribution is 5.98. The van der Waals surface area contributed by atoms with Crippen molar-refractivity contribution >= 4 is 11.8 Å². The first kappa shape index (κ1) is 20.8. The molecule has 0 bridgehead atoms. The summed E-state index contributed by atoms with van der Waals surface area (Å²) in [7, 11) is 0. The Hall–Kier alpha value is -2.95. The Morgan fingerprint density at radius 3 is 2.55 bits per heavy atom. The number of hydrogen-bond donors (Lipinski definition) is 2. The number of amides is 2. The molecule has 2 N–H and O–H groups in total. The zero-order chi connectivity index (χ0) is 20.3. The molecule has 0 atom stereocenters. The van der Waals surface area contributed by atoms with Crippen LogP contribution in [-0.2, 0) is 6.42 Å². The van der Waals surface area contributed by atoms with Gasteiger partial charge >= 0.3 is 0 Å². The van der Waals surface area contributed by atoms with E-state index in [1.165, 1.54) is 30.2 Å². The summed E-state index contributed by atoms with van der Waals surface area (Å²) in [4.78, 5) is 28.8. The van der Waals surface area contributed by atoms with Gasteiger partial charge in [0, 0.05) is 24.8 Å². The predicted octanol–water partition coefficient (Wildman–Crippen LogP) is 4.06. The lowest BCUT2D eigenvalue weighted by Crippen LogP contribution is -2.28.